The fourth-order valence-electron chi connectivity index (χ4n) is 2.57. The first-order chi connectivity index (χ1) is 11.2. The van der Waals surface area contributed by atoms with E-state index < -0.39 is 0 Å². The van der Waals surface area contributed by atoms with Crippen LogP contribution in [0.5, 0.6) is 0 Å². The van der Waals surface area contributed by atoms with Gasteiger partial charge in [0, 0.05) is 45.2 Å². The summed E-state index contributed by atoms with van der Waals surface area (Å²) in [6.07, 6.45) is 1.08. The predicted molar refractivity (Wildman–Crippen MR) is 112 cm³/mol. The molecule has 2 heterocycles. The van der Waals surface area contributed by atoms with E-state index in [1.165, 1.54) is 0 Å². The fourth-order valence-corrected chi connectivity index (χ4v) is 3.18. The highest BCUT2D eigenvalue weighted by molar-refractivity contribution is 14.0. The van der Waals surface area contributed by atoms with Gasteiger partial charge < -0.3 is 15.0 Å². The molecule has 1 N–H and O–H groups in total. The molecule has 0 aliphatic carbocycles. The molecule has 0 atom stereocenters. The topological polar surface area (TPSA) is 53.0 Å². The molecule has 1 fully saturated rings. The predicted octanol–water partition coefficient (Wildman–Crippen LogP) is 2.19. The summed E-state index contributed by atoms with van der Waals surface area (Å²) in [5.41, 5.74) is 1.11. The standard InChI is InChI=1S/C16H29N5OS.HI/c1-4-17-16(20(3)12-15-13-23-14(2)19-15)18-6-5-7-21-8-10-22-11-9-21;/h13H,4-12H2,1-3H3,(H,17,18);1H. The molecular weight excluding hydrogens is 437 g/mol. The third-order valence-corrected chi connectivity index (χ3v) is 4.58. The summed E-state index contributed by atoms with van der Waals surface area (Å²) in [5.74, 6) is 0.958. The molecule has 0 bridgehead atoms. The molecule has 1 aliphatic heterocycles. The van der Waals surface area contributed by atoms with Crippen molar-refractivity contribution < 1.29 is 4.74 Å². The lowest BCUT2D eigenvalue weighted by Crippen LogP contribution is -2.39. The summed E-state index contributed by atoms with van der Waals surface area (Å²) in [7, 11) is 2.07. The minimum absolute atomic E-state index is 0. The van der Waals surface area contributed by atoms with Gasteiger partial charge in [-0.05, 0) is 20.3 Å². The molecule has 1 saturated heterocycles. The van der Waals surface area contributed by atoms with Crippen LogP contribution in [0.25, 0.3) is 0 Å². The zero-order valence-corrected chi connectivity index (χ0v) is 18.1. The number of rotatable bonds is 7. The van der Waals surface area contributed by atoms with E-state index >= 15 is 0 Å². The molecule has 1 aliphatic rings. The second-order valence-electron chi connectivity index (χ2n) is 5.76. The molecule has 0 amide bonds. The highest BCUT2D eigenvalue weighted by Crippen LogP contribution is 2.09. The maximum absolute atomic E-state index is 5.37. The van der Waals surface area contributed by atoms with Crippen LogP contribution < -0.4 is 5.32 Å². The number of aromatic nitrogens is 1. The normalized spacial score (nSPS) is 15.9. The second kappa shape index (κ2) is 12.0. The summed E-state index contributed by atoms with van der Waals surface area (Å²) in [5, 5.41) is 6.60. The number of ether oxygens (including phenoxy) is 1. The van der Waals surface area contributed by atoms with Crippen molar-refractivity contribution in [2.75, 3.05) is 53.0 Å². The Kier molecular flexibility index (Phi) is 10.8. The summed E-state index contributed by atoms with van der Waals surface area (Å²) in [6, 6.07) is 0. The lowest BCUT2D eigenvalue weighted by atomic mass is 10.3. The number of guanidine groups is 1. The van der Waals surface area contributed by atoms with E-state index in [1.54, 1.807) is 11.3 Å². The van der Waals surface area contributed by atoms with Gasteiger partial charge in [0.15, 0.2) is 5.96 Å². The number of nitrogens with zero attached hydrogens (tertiary/aromatic N) is 4. The van der Waals surface area contributed by atoms with E-state index in [0.29, 0.717) is 0 Å². The smallest absolute Gasteiger partial charge is 0.194 e. The van der Waals surface area contributed by atoms with Crippen LogP contribution >= 0.6 is 35.3 Å². The van der Waals surface area contributed by atoms with Crippen LogP contribution in [0.2, 0.25) is 0 Å². The molecular formula is C16H30IN5OS. The third kappa shape index (κ3) is 7.62. The Labute approximate surface area is 166 Å². The Morgan fingerprint density at radius 3 is 2.83 bits per heavy atom. The molecule has 6 nitrogen and oxygen atoms in total. The first-order valence-electron chi connectivity index (χ1n) is 8.39. The van der Waals surface area contributed by atoms with Crippen molar-refractivity contribution in [3.8, 4) is 0 Å². The molecule has 0 unspecified atom stereocenters. The van der Waals surface area contributed by atoms with Gasteiger partial charge in [0.05, 0.1) is 30.5 Å². The van der Waals surface area contributed by atoms with Crippen molar-refractivity contribution in [3.63, 3.8) is 0 Å². The van der Waals surface area contributed by atoms with E-state index in [0.717, 1.165) is 75.6 Å². The van der Waals surface area contributed by atoms with Crippen LogP contribution in [-0.2, 0) is 11.3 Å². The van der Waals surface area contributed by atoms with Gasteiger partial charge in [-0.2, -0.15) is 0 Å². The third-order valence-electron chi connectivity index (χ3n) is 3.76. The Morgan fingerprint density at radius 2 is 2.21 bits per heavy atom. The second-order valence-corrected chi connectivity index (χ2v) is 6.82. The van der Waals surface area contributed by atoms with Crippen LogP contribution in [0, 0.1) is 6.92 Å². The van der Waals surface area contributed by atoms with Gasteiger partial charge in [-0.25, -0.2) is 4.98 Å². The van der Waals surface area contributed by atoms with Gasteiger partial charge >= 0.3 is 0 Å². The summed E-state index contributed by atoms with van der Waals surface area (Å²) in [6.45, 7) is 11.6. The Morgan fingerprint density at radius 1 is 1.46 bits per heavy atom. The van der Waals surface area contributed by atoms with E-state index in [4.69, 9.17) is 9.73 Å². The molecule has 0 spiro atoms. The van der Waals surface area contributed by atoms with E-state index in [9.17, 15) is 0 Å². The SMILES string of the molecule is CCNC(=NCCCN1CCOCC1)N(C)Cc1csc(C)n1.I. The van der Waals surface area contributed by atoms with E-state index in [-0.39, 0.29) is 24.0 Å². The van der Waals surface area contributed by atoms with Gasteiger partial charge in [-0.1, -0.05) is 0 Å². The molecule has 2 rings (SSSR count). The number of thiazole rings is 1. The summed E-state index contributed by atoms with van der Waals surface area (Å²) >= 11 is 1.69. The average Bonchev–Trinajstić information content (AvgIpc) is 2.96. The number of halogens is 1. The number of hydrogen-bond donors (Lipinski definition) is 1. The molecule has 0 radical (unpaired) electrons. The quantitative estimate of drug-likeness (QED) is 0.289. The minimum Gasteiger partial charge on any atom is -0.379 e. The Bertz CT molecular complexity index is 491. The molecule has 0 saturated carbocycles. The van der Waals surface area contributed by atoms with Crippen LogP contribution in [0.15, 0.2) is 10.4 Å². The van der Waals surface area contributed by atoms with E-state index in [2.05, 4.69) is 39.5 Å². The number of hydrogen-bond acceptors (Lipinski definition) is 5. The Hall–Kier alpha value is -0.450. The first kappa shape index (κ1) is 21.6. The molecule has 8 heteroatoms. The average molecular weight is 467 g/mol. The summed E-state index contributed by atoms with van der Waals surface area (Å²) in [4.78, 5) is 13.9. The number of morpholine rings is 1. The van der Waals surface area contributed by atoms with Crippen molar-refractivity contribution in [2.24, 2.45) is 4.99 Å². The fraction of sp³-hybridized carbons (Fsp3) is 0.750. The van der Waals surface area contributed by atoms with E-state index in [1.807, 2.05) is 6.92 Å². The number of aryl methyl sites for hydroxylation is 1. The van der Waals surface area contributed by atoms with Crippen molar-refractivity contribution in [3.05, 3.63) is 16.1 Å². The Balaban J connectivity index is 0.00000288. The zero-order valence-electron chi connectivity index (χ0n) is 15.0. The first-order valence-corrected chi connectivity index (χ1v) is 9.27. The highest BCUT2D eigenvalue weighted by atomic mass is 127. The highest BCUT2D eigenvalue weighted by Gasteiger charge is 2.10. The largest absolute Gasteiger partial charge is 0.379 e. The summed E-state index contributed by atoms with van der Waals surface area (Å²) < 4.78 is 5.37. The van der Waals surface area contributed by atoms with Crippen LogP contribution in [-0.4, -0.2) is 73.7 Å². The van der Waals surface area contributed by atoms with Gasteiger partial charge in [0.2, 0.25) is 0 Å². The lowest BCUT2D eigenvalue weighted by Gasteiger charge is -2.26. The monoisotopic (exact) mass is 467 g/mol. The molecule has 138 valence electrons. The lowest BCUT2D eigenvalue weighted by molar-refractivity contribution is 0.0377. The van der Waals surface area contributed by atoms with Crippen molar-refractivity contribution in [1.82, 2.24) is 20.1 Å². The van der Waals surface area contributed by atoms with Gasteiger partial charge in [-0.15, -0.1) is 35.3 Å². The van der Waals surface area contributed by atoms with Gasteiger partial charge in [0.1, 0.15) is 0 Å². The van der Waals surface area contributed by atoms with Crippen molar-refractivity contribution in [2.45, 2.75) is 26.8 Å². The van der Waals surface area contributed by atoms with Crippen LogP contribution in [0.4, 0.5) is 0 Å². The molecule has 1 aromatic heterocycles. The van der Waals surface area contributed by atoms with Gasteiger partial charge in [-0.3, -0.25) is 9.89 Å². The van der Waals surface area contributed by atoms with Crippen molar-refractivity contribution >= 4 is 41.3 Å². The zero-order chi connectivity index (χ0) is 16.5. The van der Waals surface area contributed by atoms with Crippen LogP contribution in [0.3, 0.4) is 0 Å². The molecule has 0 aromatic carbocycles. The molecule has 24 heavy (non-hydrogen) atoms. The minimum atomic E-state index is 0. The number of nitrogens with one attached hydrogen (secondary N) is 1. The van der Waals surface area contributed by atoms with Crippen LogP contribution in [0.1, 0.15) is 24.0 Å². The maximum atomic E-state index is 5.37. The molecule has 1 aromatic rings. The number of aliphatic imine (C=N–C) groups is 1. The van der Waals surface area contributed by atoms with Crippen molar-refractivity contribution in [1.29, 1.82) is 0 Å². The van der Waals surface area contributed by atoms with Gasteiger partial charge in [0.25, 0.3) is 0 Å². The maximum Gasteiger partial charge on any atom is 0.194 e.